The number of nitrogens with one attached hydrogen (secondary N) is 1. The minimum Gasteiger partial charge on any atom is -0.491 e. The molecule has 0 aliphatic heterocycles. The first-order valence-corrected chi connectivity index (χ1v) is 8.01. The normalized spacial score (nSPS) is 12.8. The Balaban J connectivity index is 2.76. The summed E-state index contributed by atoms with van der Waals surface area (Å²) in [5.74, 6) is -0.0363. The van der Waals surface area contributed by atoms with Crippen molar-refractivity contribution in [3.05, 3.63) is 24.3 Å². The van der Waals surface area contributed by atoms with Crippen LogP contribution in [0.2, 0.25) is 0 Å². The molecule has 6 nitrogen and oxygen atoms in total. The molecule has 1 rings (SSSR count). The lowest BCUT2D eigenvalue weighted by molar-refractivity contribution is -0.143. The van der Waals surface area contributed by atoms with Crippen molar-refractivity contribution in [3.8, 4) is 5.75 Å². The largest absolute Gasteiger partial charge is 0.491 e. The molecule has 0 amide bonds. The fourth-order valence-electron chi connectivity index (χ4n) is 1.57. The minimum atomic E-state index is -3.28. The monoisotopic (exact) mass is 301 g/mol. The third-order valence-corrected chi connectivity index (χ3v) is 3.70. The van der Waals surface area contributed by atoms with E-state index in [1.807, 2.05) is 6.92 Å². The molecule has 20 heavy (non-hydrogen) atoms. The van der Waals surface area contributed by atoms with Crippen LogP contribution in [0.25, 0.3) is 0 Å². The zero-order valence-corrected chi connectivity index (χ0v) is 12.6. The lowest BCUT2D eigenvalue weighted by atomic mass is 10.3. The molecule has 0 heterocycles. The summed E-state index contributed by atoms with van der Waals surface area (Å²) in [7, 11) is -1.98. The SMILES string of the molecule is CCNC(COc1cccc(S(C)(=O)=O)c1)C(=O)OC. The zero-order valence-electron chi connectivity index (χ0n) is 11.8. The quantitative estimate of drug-likeness (QED) is 0.744. The molecule has 0 aliphatic rings. The molecule has 0 fully saturated rings. The third-order valence-electron chi connectivity index (χ3n) is 2.59. The molecule has 112 valence electrons. The van der Waals surface area contributed by atoms with Crippen molar-refractivity contribution >= 4 is 15.8 Å². The average molecular weight is 301 g/mol. The van der Waals surface area contributed by atoms with Gasteiger partial charge in [-0.15, -0.1) is 0 Å². The van der Waals surface area contributed by atoms with Crippen LogP contribution in [0.3, 0.4) is 0 Å². The first-order chi connectivity index (χ1) is 9.38. The van der Waals surface area contributed by atoms with E-state index in [1.54, 1.807) is 12.1 Å². The number of sulfone groups is 1. The van der Waals surface area contributed by atoms with Crippen LogP contribution < -0.4 is 10.1 Å². The summed E-state index contributed by atoms with van der Waals surface area (Å²) in [5.41, 5.74) is 0. The highest BCUT2D eigenvalue weighted by Gasteiger charge is 2.19. The van der Waals surface area contributed by atoms with E-state index in [2.05, 4.69) is 10.1 Å². The molecule has 1 aromatic rings. The van der Waals surface area contributed by atoms with Crippen molar-refractivity contribution < 1.29 is 22.7 Å². The number of benzene rings is 1. The van der Waals surface area contributed by atoms with Gasteiger partial charge in [0, 0.05) is 6.26 Å². The van der Waals surface area contributed by atoms with Crippen LogP contribution in [0, 0.1) is 0 Å². The van der Waals surface area contributed by atoms with E-state index in [-0.39, 0.29) is 11.5 Å². The van der Waals surface area contributed by atoms with Crippen LogP contribution in [0.15, 0.2) is 29.2 Å². The van der Waals surface area contributed by atoms with Crippen molar-refractivity contribution in [3.63, 3.8) is 0 Å². The smallest absolute Gasteiger partial charge is 0.326 e. The van der Waals surface area contributed by atoms with E-state index in [9.17, 15) is 13.2 Å². The number of carbonyl (C=O) groups excluding carboxylic acids is 1. The number of rotatable bonds is 7. The molecular formula is C13H19NO5S. The zero-order chi connectivity index (χ0) is 15.2. The Hall–Kier alpha value is -1.60. The number of likely N-dealkylation sites (N-methyl/N-ethyl adjacent to an activating group) is 1. The molecule has 1 N–H and O–H groups in total. The minimum absolute atomic E-state index is 0.0632. The Morgan fingerprint density at radius 3 is 2.65 bits per heavy atom. The van der Waals surface area contributed by atoms with Crippen LogP contribution in [0.5, 0.6) is 5.75 Å². The van der Waals surface area contributed by atoms with E-state index >= 15 is 0 Å². The maximum atomic E-state index is 11.5. The Morgan fingerprint density at radius 2 is 2.10 bits per heavy atom. The van der Waals surface area contributed by atoms with E-state index in [1.165, 1.54) is 19.2 Å². The standard InChI is InChI=1S/C13H19NO5S/c1-4-14-12(13(15)18-2)9-19-10-6-5-7-11(8-10)20(3,16)17/h5-8,12,14H,4,9H2,1-3H3. The number of hydrogen-bond acceptors (Lipinski definition) is 6. The average Bonchev–Trinajstić information content (AvgIpc) is 2.42. The molecule has 0 spiro atoms. The molecule has 1 unspecified atom stereocenters. The second-order valence-electron chi connectivity index (χ2n) is 4.19. The van der Waals surface area contributed by atoms with E-state index < -0.39 is 21.8 Å². The summed E-state index contributed by atoms with van der Waals surface area (Å²) in [6, 6.07) is 5.55. The number of hydrogen-bond donors (Lipinski definition) is 1. The Morgan fingerprint density at radius 1 is 1.40 bits per heavy atom. The van der Waals surface area contributed by atoms with Crippen LogP contribution in [0.1, 0.15) is 6.92 Å². The summed E-state index contributed by atoms with van der Waals surface area (Å²) in [6.45, 7) is 2.51. The van der Waals surface area contributed by atoms with Crippen molar-refractivity contribution in [2.75, 3.05) is 26.5 Å². The van der Waals surface area contributed by atoms with Gasteiger partial charge in [0.2, 0.25) is 0 Å². The van der Waals surface area contributed by atoms with Gasteiger partial charge < -0.3 is 14.8 Å². The molecule has 1 aromatic carbocycles. The number of carbonyl (C=O) groups is 1. The van der Waals surface area contributed by atoms with E-state index in [0.717, 1.165) is 6.26 Å². The molecule has 0 saturated heterocycles. The Labute approximate surface area is 119 Å². The topological polar surface area (TPSA) is 81.7 Å². The predicted molar refractivity (Wildman–Crippen MR) is 74.5 cm³/mol. The molecule has 7 heteroatoms. The lowest BCUT2D eigenvalue weighted by Gasteiger charge is -2.16. The summed E-state index contributed by atoms with van der Waals surface area (Å²) >= 11 is 0. The van der Waals surface area contributed by atoms with Crippen molar-refractivity contribution in [2.24, 2.45) is 0 Å². The summed E-state index contributed by atoms with van der Waals surface area (Å²) in [5, 5.41) is 2.93. The van der Waals surface area contributed by atoms with Crippen molar-refractivity contribution in [1.29, 1.82) is 0 Å². The second-order valence-corrected chi connectivity index (χ2v) is 6.21. The first-order valence-electron chi connectivity index (χ1n) is 6.12. The molecule has 0 aromatic heterocycles. The predicted octanol–water partition coefficient (Wildman–Crippen LogP) is 0.620. The van der Waals surface area contributed by atoms with Crippen LogP contribution >= 0.6 is 0 Å². The molecular weight excluding hydrogens is 282 g/mol. The molecule has 0 aliphatic carbocycles. The summed E-state index contributed by atoms with van der Waals surface area (Å²) in [6.07, 6.45) is 1.13. The lowest BCUT2D eigenvalue weighted by Crippen LogP contribution is -2.42. The van der Waals surface area contributed by atoms with Gasteiger partial charge in [-0.3, -0.25) is 4.79 Å². The number of ether oxygens (including phenoxy) is 2. The van der Waals surface area contributed by atoms with Gasteiger partial charge in [0.15, 0.2) is 9.84 Å². The van der Waals surface area contributed by atoms with Gasteiger partial charge in [0.25, 0.3) is 0 Å². The third kappa shape index (κ3) is 4.82. The molecule has 0 saturated carbocycles. The maximum Gasteiger partial charge on any atom is 0.326 e. The van der Waals surface area contributed by atoms with Gasteiger partial charge in [-0.05, 0) is 24.7 Å². The number of methoxy groups -OCH3 is 1. The van der Waals surface area contributed by atoms with Crippen molar-refractivity contribution in [2.45, 2.75) is 17.9 Å². The maximum absolute atomic E-state index is 11.5. The highest BCUT2D eigenvalue weighted by atomic mass is 32.2. The van der Waals surface area contributed by atoms with Crippen molar-refractivity contribution in [1.82, 2.24) is 5.32 Å². The summed E-state index contributed by atoms with van der Waals surface area (Å²) in [4.78, 5) is 11.7. The number of esters is 1. The van der Waals surface area contributed by atoms with E-state index in [0.29, 0.717) is 12.3 Å². The fourth-order valence-corrected chi connectivity index (χ4v) is 2.23. The van der Waals surface area contributed by atoms with Gasteiger partial charge in [0.1, 0.15) is 18.4 Å². The summed E-state index contributed by atoms with van der Waals surface area (Å²) < 4.78 is 33.0. The van der Waals surface area contributed by atoms with E-state index in [4.69, 9.17) is 4.74 Å². The highest BCUT2D eigenvalue weighted by Crippen LogP contribution is 2.17. The molecule has 0 bridgehead atoms. The van der Waals surface area contributed by atoms with Gasteiger partial charge >= 0.3 is 5.97 Å². The van der Waals surface area contributed by atoms with Gasteiger partial charge in [-0.25, -0.2) is 8.42 Å². The highest BCUT2D eigenvalue weighted by molar-refractivity contribution is 7.90. The fraction of sp³-hybridized carbons (Fsp3) is 0.462. The molecule has 1 atom stereocenters. The second kappa shape index (κ2) is 7.25. The Bertz CT molecular complexity index is 556. The van der Waals surface area contributed by atoms with Gasteiger partial charge in [-0.1, -0.05) is 13.0 Å². The Kier molecular flexibility index (Phi) is 5.97. The van der Waals surface area contributed by atoms with Gasteiger partial charge in [-0.2, -0.15) is 0 Å². The molecule has 0 radical (unpaired) electrons. The van der Waals surface area contributed by atoms with Gasteiger partial charge in [0.05, 0.1) is 12.0 Å². The van der Waals surface area contributed by atoms with Crippen LogP contribution in [0.4, 0.5) is 0 Å². The van der Waals surface area contributed by atoms with Crippen LogP contribution in [-0.2, 0) is 19.4 Å². The first kappa shape index (κ1) is 16.5. The van der Waals surface area contributed by atoms with Crippen LogP contribution in [-0.4, -0.2) is 46.9 Å².